The van der Waals surface area contributed by atoms with Gasteiger partial charge in [0.25, 0.3) is 4.87 Å². The summed E-state index contributed by atoms with van der Waals surface area (Å²) in [5.74, 6) is -2.14. The van der Waals surface area contributed by atoms with E-state index in [1.165, 1.54) is 0 Å². The molecule has 0 radical (unpaired) electrons. The highest BCUT2D eigenvalue weighted by atomic mass is 35.5. The minimum Gasteiger partial charge on any atom is -0.464 e. The highest BCUT2D eigenvalue weighted by Crippen LogP contribution is 2.21. The summed E-state index contributed by atoms with van der Waals surface area (Å²) < 4.78 is 9.22. The van der Waals surface area contributed by atoms with E-state index in [4.69, 9.17) is 23.2 Å². The number of alkyl halides is 2. The van der Waals surface area contributed by atoms with Crippen molar-refractivity contribution in [3.05, 3.63) is 0 Å². The lowest BCUT2D eigenvalue weighted by Gasteiger charge is -2.19. The molecule has 0 saturated heterocycles. The van der Waals surface area contributed by atoms with Crippen molar-refractivity contribution in [2.45, 2.75) is 18.7 Å². The molecule has 14 heavy (non-hydrogen) atoms. The first-order chi connectivity index (χ1) is 6.52. The van der Waals surface area contributed by atoms with Gasteiger partial charge in [0.05, 0.1) is 19.1 Å². The lowest BCUT2D eigenvalue weighted by Crippen LogP contribution is -2.45. The van der Waals surface area contributed by atoms with Crippen LogP contribution in [0.3, 0.4) is 0 Å². The molecule has 0 heterocycles. The minimum atomic E-state index is -1.92. The quantitative estimate of drug-likeness (QED) is 0.415. The van der Waals surface area contributed by atoms with Gasteiger partial charge in [0, 0.05) is 0 Å². The van der Waals surface area contributed by atoms with Gasteiger partial charge in [0.2, 0.25) is 0 Å². The second-order valence-corrected chi connectivity index (χ2v) is 3.29. The van der Waals surface area contributed by atoms with Crippen molar-refractivity contribution < 1.29 is 19.1 Å². The Kier molecular flexibility index (Phi) is 5.88. The zero-order valence-electron chi connectivity index (χ0n) is 8.01. The number of hydrogen-bond donors (Lipinski definition) is 0. The van der Waals surface area contributed by atoms with Gasteiger partial charge in [-0.15, -0.1) is 11.6 Å². The summed E-state index contributed by atoms with van der Waals surface area (Å²) in [6.45, 7) is 3.47. The molecule has 0 fully saturated rings. The molecule has 0 atom stereocenters. The van der Waals surface area contributed by atoms with Gasteiger partial charge in [-0.2, -0.15) is 0 Å². The minimum absolute atomic E-state index is 0.129. The monoisotopic (exact) mass is 242 g/mol. The van der Waals surface area contributed by atoms with Crippen molar-refractivity contribution >= 4 is 35.1 Å². The number of esters is 2. The van der Waals surface area contributed by atoms with Crippen LogP contribution in [0.2, 0.25) is 0 Å². The van der Waals surface area contributed by atoms with Gasteiger partial charge in [-0.3, -0.25) is 0 Å². The summed E-state index contributed by atoms with van der Waals surface area (Å²) in [6.07, 6.45) is 0. The van der Waals surface area contributed by atoms with Crippen molar-refractivity contribution in [2.24, 2.45) is 0 Å². The van der Waals surface area contributed by atoms with E-state index in [1.807, 2.05) is 0 Å². The number of ether oxygens (including phenoxy) is 2. The molecule has 0 N–H and O–H groups in total. The van der Waals surface area contributed by atoms with Crippen molar-refractivity contribution in [3.63, 3.8) is 0 Å². The smallest absolute Gasteiger partial charge is 0.340 e. The SMILES string of the molecule is CCOC(=O)C(Cl)(CCl)C(=O)OCC. The van der Waals surface area contributed by atoms with Gasteiger partial charge < -0.3 is 9.47 Å². The van der Waals surface area contributed by atoms with Crippen molar-refractivity contribution in [1.29, 1.82) is 0 Å². The molecule has 0 spiro atoms. The van der Waals surface area contributed by atoms with Gasteiger partial charge in [-0.25, -0.2) is 9.59 Å². The van der Waals surface area contributed by atoms with Crippen LogP contribution >= 0.6 is 23.2 Å². The average molecular weight is 243 g/mol. The predicted octanol–water partition coefficient (Wildman–Crippen LogP) is 1.33. The molecule has 0 rings (SSSR count). The molecule has 0 aliphatic carbocycles. The van der Waals surface area contributed by atoms with Gasteiger partial charge >= 0.3 is 11.9 Å². The summed E-state index contributed by atoms with van der Waals surface area (Å²) in [5, 5.41) is 0. The van der Waals surface area contributed by atoms with Gasteiger partial charge in [-0.05, 0) is 13.8 Å². The number of carbonyl (C=O) groups excluding carboxylic acids is 2. The molecule has 6 heteroatoms. The molecule has 0 aliphatic rings. The Balaban J connectivity index is 4.60. The third-order valence-corrected chi connectivity index (χ3v) is 2.36. The predicted molar refractivity (Wildman–Crippen MR) is 52.6 cm³/mol. The Morgan fingerprint density at radius 2 is 1.50 bits per heavy atom. The van der Waals surface area contributed by atoms with E-state index in [2.05, 4.69) is 9.47 Å². The number of hydrogen-bond acceptors (Lipinski definition) is 4. The molecule has 0 amide bonds. The number of carbonyl (C=O) groups is 2. The fraction of sp³-hybridized carbons (Fsp3) is 0.750. The molecule has 0 aromatic rings. The fourth-order valence-corrected chi connectivity index (χ4v) is 1.01. The first kappa shape index (κ1) is 13.5. The number of rotatable bonds is 5. The zero-order valence-corrected chi connectivity index (χ0v) is 9.52. The molecule has 0 aliphatic heterocycles. The Morgan fingerprint density at radius 3 is 1.71 bits per heavy atom. The second kappa shape index (κ2) is 6.09. The Bertz CT molecular complexity index is 199. The third kappa shape index (κ3) is 3.03. The van der Waals surface area contributed by atoms with E-state index in [0.717, 1.165) is 0 Å². The normalized spacial score (nSPS) is 10.9. The highest BCUT2D eigenvalue weighted by molar-refractivity contribution is 6.48. The summed E-state index contributed by atoms with van der Waals surface area (Å²) >= 11 is 11.1. The molecule has 0 aromatic carbocycles. The molecule has 0 unspecified atom stereocenters. The van der Waals surface area contributed by atoms with Crippen LogP contribution in [-0.4, -0.2) is 35.9 Å². The molecule has 82 valence electrons. The maximum absolute atomic E-state index is 11.3. The van der Waals surface area contributed by atoms with E-state index in [1.54, 1.807) is 13.8 Å². The van der Waals surface area contributed by atoms with Crippen LogP contribution in [0.25, 0.3) is 0 Å². The Morgan fingerprint density at radius 1 is 1.14 bits per heavy atom. The first-order valence-electron chi connectivity index (χ1n) is 4.12. The van der Waals surface area contributed by atoms with Gasteiger partial charge in [-0.1, -0.05) is 11.6 Å². The van der Waals surface area contributed by atoms with Gasteiger partial charge in [0.1, 0.15) is 0 Å². The largest absolute Gasteiger partial charge is 0.464 e. The Labute approximate surface area is 92.5 Å². The summed E-state index contributed by atoms with van der Waals surface area (Å²) in [5.41, 5.74) is 0. The standard InChI is InChI=1S/C8H12Cl2O4/c1-3-13-6(11)8(10,5-9)7(12)14-4-2/h3-5H2,1-2H3. The Hall–Kier alpha value is -0.480. The molecule has 0 saturated carbocycles. The van der Waals surface area contributed by atoms with Crippen LogP contribution in [0.1, 0.15) is 13.8 Å². The zero-order chi connectivity index (χ0) is 11.2. The van der Waals surface area contributed by atoms with Crippen molar-refractivity contribution in [1.82, 2.24) is 0 Å². The van der Waals surface area contributed by atoms with Crippen LogP contribution in [0.15, 0.2) is 0 Å². The number of halogens is 2. The van der Waals surface area contributed by atoms with Gasteiger partial charge in [0.15, 0.2) is 0 Å². The van der Waals surface area contributed by atoms with Crippen LogP contribution < -0.4 is 0 Å². The van der Waals surface area contributed by atoms with Crippen LogP contribution in [0, 0.1) is 0 Å². The van der Waals surface area contributed by atoms with Crippen LogP contribution in [-0.2, 0) is 19.1 Å². The average Bonchev–Trinajstić information content (AvgIpc) is 2.17. The molecule has 0 aromatic heterocycles. The topological polar surface area (TPSA) is 52.6 Å². The van der Waals surface area contributed by atoms with E-state index in [0.29, 0.717) is 0 Å². The highest BCUT2D eigenvalue weighted by Gasteiger charge is 2.46. The molecule has 0 bridgehead atoms. The third-order valence-electron chi connectivity index (χ3n) is 1.38. The van der Waals surface area contributed by atoms with Crippen molar-refractivity contribution in [3.8, 4) is 0 Å². The van der Waals surface area contributed by atoms with Crippen molar-refractivity contribution in [2.75, 3.05) is 19.1 Å². The fourth-order valence-electron chi connectivity index (χ4n) is 0.683. The maximum atomic E-state index is 11.3. The maximum Gasteiger partial charge on any atom is 0.340 e. The summed E-state index contributed by atoms with van der Waals surface area (Å²) in [7, 11) is 0. The molecular weight excluding hydrogens is 231 g/mol. The van der Waals surface area contributed by atoms with E-state index in [-0.39, 0.29) is 19.1 Å². The molecule has 4 nitrogen and oxygen atoms in total. The second-order valence-electron chi connectivity index (χ2n) is 2.38. The van der Waals surface area contributed by atoms with E-state index < -0.39 is 16.8 Å². The lowest BCUT2D eigenvalue weighted by molar-refractivity contribution is -0.158. The first-order valence-corrected chi connectivity index (χ1v) is 5.03. The van der Waals surface area contributed by atoms with Crippen LogP contribution in [0.5, 0.6) is 0 Å². The summed E-state index contributed by atoms with van der Waals surface area (Å²) in [6, 6.07) is 0. The summed E-state index contributed by atoms with van der Waals surface area (Å²) in [4.78, 5) is 20.6. The molecular formula is C8H12Cl2O4. The van der Waals surface area contributed by atoms with E-state index >= 15 is 0 Å². The van der Waals surface area contributed by atoms with Crippen LogP contribution in [0.4, 0.5) is 0 Å². The van der Waals surface area contributed by atoms with E-state index in [9.17, 15) is 9.59 Å². The lowest BCUT2D eigenvalue weighted by atomic mass is 10.2.